The van der Waals surface area contributed by atoms with Gasteiger partial charge in [-0.1, -0.05) is 54.3 Å². The van der Waals surface area contributed by atoms with Crippen molar-refractivity contribution in [3.05, 3.63) is 35.9 Å². The predicted molar refractivity (Wildman–Crippen MR) is 70.7 cm³/mol. The second kappa shape index (κ2) is 6.50. The van der Waals surface area contributed by atoms with E-state index in [0.29, 0.717) is 4.32 Å². The fourth-order valence-corrected chi connectivity index (χ4v) is 2.04. The maximum atomic E-state index is 10.4. The molecule has 0 aliphatic rings. The number of carboxylic acid groups (broad SMARTS) is 1. The van der Waals surface area contributed by atoms with Gasteiger partial charge in [0.05, 0.1) is 5.75 Å². The van der Waals surface area contributed by atoms with Crippen LogP contribution in [0.2, 0.25) is 0 Å². The van der Waals surface area contributed by atoms with Gasteiger partial charge in [-0.2, -0.15) is 0 Å². The Morgan fingerprint density at radius 3 is 2.69 bits per heavy atom. The van der Waals surface area contributed by atoms with Crippen molar-refractivity contribution in [2.75, 3.05) is 5.75 Å². The van der Waals surface area contributed by atoms with Crippen LogP contribution in [0, 0.1) is 0 Å². The first kappa shape index (κ1) is 13.0. The molecule has 0 saturated heterocycles. The first-order valence-electron chi connectivity index (χ1n) is 4.79. The summed E-state index contributed by atoms with van der Waals surface area (Å²) in [5, 5.41) is 11.6. The minimum Gasteiger partial charge on any atom is -0.481 e. The summed E-state index contributed by atoms with van der Waals surface area (Å²) in [7, 11) is 0. The predicted octanol–water partition coefficient (Wildman–Crippen LogP) is 2.44. The molecule has 0 aliphatic heterocycles. The maximum absolute atomic E-state index is 10.4. The molecular weight excluding hydrogens is 242 g/mol. The first-order valence-corrected chi connectivity index (χ1v) is 6.19. The molecule has 0 aliphatic carbocycles. The number of carboxylic acids is 1. The van der Waals surface area contributed by atoms with Gasteiger partial charge in [0.25, 0.3) is 0 Å². The summed E-state index contributed by atoms with van der Waals surface area (Å²) in [6, 6.07) is 9.97. The fraction of sp³-hybridized carbons (Fsp3) is 0.273. The molecular formula is C11H13NO2S2. The van der Waals surface area contributed by atoms with Crippen molar-refractivity contribution >= 4 is 34.3 Å². The Morgan fingerprint density at radius 2 is 2.12 bits per heavy atom. The van der Waals surface area contributed by atoms with Gasteiger partial charge in [0.1, 0.15) is 4.32 Å². The van der Waals surface area contributed by atoms with Gasteiger partial charge in [-0.3, -0.25) is 4.79 Å². The largest absolute Gasteiger partial charge is 0.481 e. The second-order valence-electron chi connectivity index (χ2n) is 3.25. The zero-order chi connectivity index (χ0) is 12.0. The summed E-state index contributed by atoms with van der Waals surface area (Å²) in [6.07, 6.45) is 0. The molecule has 16 heavy (non-hydrogen) atoms. The third-order valence-electron chi connectivity index (χ3n) is 1.96. The molecule has 0 spiro atoms. The molecule has 0 amide bonds. The van der Waals surface area contributed by atoms with Crippen molar-refractivity contribution < 1.29 is 9.90 Å². The highest BCUT2D eigenvalue weighted by molar-refractivity contribution is 8.23. The lowest BCUT2D eigenvalue weighted by Gasteiger charge is -2.15. The molecule has 86 valence electrons. The average Bonchev–Trinajstić information content (AvgIpc) is 2.27. The average molecular weight is 255 g/mol. The number of hydrogen-bond acceptors (Lipinski definition) is 3. The highest BCUT2D eigenvalue weighted by atomic mass is 32.2. The van der Waals surface area contributed by atoms with E-state index in [9.17, 15) is 4.79 Å². The van der Waals surface area contributed by atoms with Gasteiger partial charge in [0, 0.05) is 6.04 Å². The number of nitrogens with one attached hydrogen (secondary N) is 1. The van der Waals surface area contributed by atoms with Crippen LogP contribution in [-0.4, -0.2) is 21.1 Å². The van der Waals surface area contributed by atoms with Gasteiger partial charge in [0.2, 0.25) is 0 Å². The van der Waals surface area contributed by atoms with Crippen LogP contribution in [-0.2, 0) is 4.79 Å². The van der Waals surface area contributed by atoms with Crippen LogP contribution >= 0.6 is 24.0 Å². The lowest BCUT2D eigenvalue weighted by molar-refractivity contribution is -0.133. The first-order chi connectivity index (χ1) is 7.59. The molecule has 5 heteroatoms. The Labute approximate surface area is 104 Å². The molecule has 0 aromatic heterocycles. The molecule has 0 heterocycles. The zero-order valence-electron chi connectivity index (χ0n) is 8.84. The van der Waals surface area contributed by atoms with Crippen LogP contribution in [0.3, 0.4) is 0 Å². The molecule has 0 unspecified atom stereocenters. The number of hydrogen-bond donors (Lipinski definition) is 2. The van der Waals surface area contributed by atoms with Crippen LogP contribution in [0.15, 0.2) is 30.3 Å². The van der Waals surface area contributed by atoms with Gasteiger partial charge in [0.15, 0.2) is 0 Å². The number of thiocarbonyl (C=S) groups is 1. The van der Waals surface area contributed by atoms with E-state index in [4.69, 9.17) is 17.3 Å². The van der Waals surface area contributed by atoms with E-state index < -0.39 is 5.97 Å². The smallest absolute Gasteiger partial charge is 0.313 e. The second-order valence-corrected chi connectivity index (χ2v) is 4.90. The number of rotatable bonds is 4. The van der Waals surface area contributed by atoms with Gasteiger partial charge >= 0.3 is 5.97 Å². The molecule has 1 aromatic rings. The fourth-order valence-electron chi connectivity index (χ4n) is 1.17. The van der Waals surface area contributed by atoms with E-state index in [-0.39, 0.29) is 11.8 Å². The molecule has 1 rings (SSSR count). The number of aliphatic carboxylic acids is 1. The quantitative estimate of drug-likeness (QED) is 0.809. The summed E-state index contributed by atoms with van der Waals surface area (Å²) in [5.41, 5.74) is 1.13. The third kappa shape index (κ3) is 4.63. The summed E-state index contributed by atoms with van der Waals surface area (Å²) in [5.74, 6) is -0.866. The molecule has 0 bridgehead atoms. The molecule has 2 N–H and O–H groups in total. The Kier molecular flexibility index (Phi) is 5.28. The van der Waals surface area contributed by atoms with Crippen molar-refractivity contribution in [3.8, 4) is 0 Å². The van der Waals surface area contributed by atoms with Crippen LogP contribution in [0.4, 0.5) is 0 Å². The van der Waals surface area contributed by atoms with Crippen molar-refractivity contribution in [2.24, 2.45) is 0 Å². The van der Waals surface area contributed by atoms with Crippen molar-refractivity contribution in [1.29, 1.82) is 0 Å². The lowest BCUT2D eigenvalue weighted by Crippen LogP contribution is -2.23. The Bertz CT molecular complexity index is 368. The normalized spacial score (nSPS) is 11.8. The third-order valence-corrected chi connectivity index (χ3v) is 3.20. The highest BCUT2D eigenvalue weighted by Gasteiger charge is 2.07. The molecule has 1 atom stereocenters. The Hall–Kier alpha value is -1.07. The van der Waals surface area contributed by atoms with E-state index in [1.165, 1.54) is 0 Å². The molecule has 3 nitrogen and oxygen atoms in total. The van der Waals surface area contributed by atoms with Gasteiger partial charge < -0.3 is 10.4 Å². The molecule has 0 radical (unpaired) electrons. The lowest BCUT2D eigenvalue weighted by atomic mass is 10.1. The summed E-state index contributed by atoms with van der Waals surface area (Å²) < 4.78 is 0.513. The van der Waals surface area contributed by atoms with E-state index in [2.05, 4.69) is 5.32 Å². The van der Waals surface area contributed by atoms with Gasteiger partial charge in [-0.05, 0) is 12.5 Å². The van der Waals surface area contributed by atoms with Crippen LogP contribution < -0.4 is 5.32 Å². The minimum absolute atomic E-state index is 0.00660. The van der Waals surface area contributed by atoms with Crippen molar-refractivity contribution in [3.63, 3.8) is 0 Å². The van der Waals surface area contributed by atoms with Crippen LogP contribution in [0.1, 0.15) is 18.5 Å². The number of benzene rings is 1. The summed E-state index contributed by atoms with van der Waals surface area (Å²) in [4.78, 5) is 10.4. The zero-order valence-corrected chi connectivity index (χ0v) is 10.5. The van der Waals surface area contributed by atoms with Crippen LogP contribution in [0.5, 0.6) is 0 Å². The SMILES string of the molecule is C[C@@H](NC(=S)SCC(=O)O)c1ccccc1. The highest BCUT2D eigenvalue weighted by Crippen LogP contribution is 2.13. The molecule has 0 saturated carbocycles. The number of carbonyl (C=O) groups is 1. The Balaban J connectivity index is 2.43. The van der Waals surface area contributed by atoms with E-state index in [1.54, 1.807) is 0 Å². The summed E-state index contributed by atoms with van der Waals surface area (Å²) >= 11 is 6.17. The van der Waals surface area contributed by atoms with Gasteiger partial charge in [-0.15, -0.1) is 0 Å². The van der Waals surface area contributed by atoms with E-state index >= 15 is 0 Å². The maximum Gasteiger partial charge on any atom is 0.313 e. The molecule has 0 fully saturated rings. The van der Waals surface area contributed by atoms with Crippen LogP contribution in [0.25, 0.3) is 0 Å². The van der Waals surface area contributed by atoms with Crippen molar-refractivity contribution in [1.82, 2.24) is 5.32 Å². The van der Waals surface area contributed by atoms with Gasteiger partial charge in [-0.25, -0.2) is 0 Å². The topological polar surface area (TPSA) is 49.3 Å². The summed E-state index contributed by atoms with van der Waals surface area (Å²) in [6.45, 7) is 1.99. The van der Waals surface area contributed by atoms with Crippen molar-refractivity contribution in [2.45, 2.75) is 13.0 Å². The minimum atomic E-state index is -0.860. The monoisotopic (exact) mass is 255 g/mol. The molecule has 1 aromatic carbocycles. The standard InChI is InChI=1S/C11H13NO2S2/c1-8(9-5-3-2-4-6-9)12-11(15)16-7-10(13)14/h2-6,8H,7H2,1H3,(H,12,15)(H,13,14)/t8-/m1/s1. The van der Waals surface area contributed by atoms with E-state index in [0.717, 1.165) is 17.3 Å². The number of thioether (sulfide) groups is 1. The van der Waals surface area contributed by atoms with E-state index in [1.807, 2.05) is 37.3 Å². The Morgan fingerprint density at radius 1 is 1.50 bits per heavy atom.